The SMILES string of the molecule is CCc1noc(C)c1C(=O)N1CC=CC1C(C)C. The highest BCUT2D eigenvalue weighted by molar-refractivity contribution is 5.96. The first-order valence-corrected chi connectivity index (χ1v) is 6.49. The van der Waals surface area contributed by atoms with E-state index in [1.165, 1.54) is 0 Å². The van der Waals surface area contributed by atoms with Crippen molar-refractivity contribution in [2.75, 3.05) is 6.54 Å². The van der Waals surface area contributed by atoms with Crippen LogP contribution < -0.4 is 0 Å². The van der Waals surface area contributed by atoms with Crippen molar-refractivity contribution in [1.82, 2.24) is 10.1 Å². The van der Waals surface area contributed by atoms with E-state index in [1.807, 2.05) is 11.8 Å². The summed E-state index contributed by atoms with van der Waals surface area (Å²) in [5, 5.41) is 3.95. The Hall–Kier alpha value is -1.58. The molecule has 0 N–H and O–H groups in total. The number of hydrogen-bond donors (Lipinski definition) is 0. The van der Waals surface area contributed by atoms with E-state index in [0.717, 1.165) is 5.69 Å². The smallest absolute Gasteiger partial charge is 0.260 e. The van der Waals surface area contributed by atoms with Crippen LogP contribution in [0, 0.1) is 12.8 Å². The second-order valence-corrected chi connectivity index (χ2v) is 5.03. The summed E-state index contributed by atoms with van der Waals surface area (Å²) in [4.78, 5) is 14.5. The van der Waals surface area contributed by atoms with Gasteiger partial charge in [0.05, 0.1) is 11.7 Å². The van der Waals surface area contributed by atoms with Gasteiger partial charge in [-0.25, -0.2) is 0 Å². The standard InChI is InChI=1S/C14H20N2O2/c1-5-11-13(10(4)18-15-11)14(17)16-8-6-7-12(16)9(2)3/h6-7,9,12H,5,8H2,1-4H3. The number of carbonyl (C=O) groups is 1. The Morgan fingerprint density at radius 3 is 2.94 bits per heavy atom. The van der Waals surface area contributed by atoms with Gasteiger partial charge in [0.1, 0.15) is 11.3 Å². The largest absolute Gasteiger partial charge is 0.361 e. The number of amides is 1. The molecule has 0 saturated carbocycles. The van der Waals surface area contributed by atoms with Gasteiger partial charge in [0, 0.05) is 6.54 Å². The lowest BCUT2D eigenvalue weighted by atomic mass is 10.0. The minimum absolute atomic E-state index is 0.0364. The lowest BCUT2D eigenvalue weighted by Gasteiger charge is -2.27. The zero-order valence-corrected chi connectivity index (χ0v) is 11.4. The fourth-order valence-corrected chi connectivity index (χ4v) is 2.42. The Labute approximate surface area is 108 Å². The van der Waals surface area contributed by atoms with Crippen LogP contribution in [0.25, 0.3) is 0 Å². The summed E-state index contributed by atoms with van der Waals surface area (Å²) in [6.07, 6.45) is 4.88. The third-order valence-corrected chi connectivity index (χ3v) is 3.42. The maximum Gasteiger partial charge on any atom is 0.260 e. The summed E-state index contributed by atoms with van der Waals surface area (Å²) in [6.45, 7) is 8.71. The molecule has 4 nitrogen and oxygen atoms in total. The van der Waals surface area contributed by atoms with E-state index in [-0.39, 0.29) is 11.9 Å². The van der Waals surface area contributed by atoms with Gasteiger partial charge in [-0.2, -0.15) is 0 Å². The average Bonchev–Trinajstić information content (AvgIpc) is 2.94. The minimum Gasteiger partial charge on any atom is -0.361 e. The predicted molar refractivity (Wildman–Crippen MR) is 69.4 cm³/mol. The molecule has 0 fully saturated rings. The summed E-state index contributed by atoms with van der Waals surface area (Å²) < 4.78 is 5.15. The molecule has 1 aromatic rings. The molecule has 1 aromatic heterocycles. The van der Waals surface area contributed by atoms with E-state index < -0.39 is 0 Å². The zero-order valence-electron chi connectivity index (χ0n) is 11.4. The Morgan fingerprint density at radius 1 is 1.61 bits per heavy atom. The van der Waals surface area contributed by atoms with Crippen molar-refractivity contribution in [3.63, 3.8) is 0 Å². The number of rotatable bonds is 3. The van der Waals surface area contributed by atoms with Crippen molar-refractivity contribution >= 4 is 5.91 Å². The van der Waals surface area contributed by atoms with Crippen LogP contribution in [0.15, 0.2) is 16.7 Å². The molecule has 2 rings (SSSR count). The van der Waals surface area contributed by atoms with Gasteiger partial charge in [-0.3, -0.25) is 4.79 Å². The molecule has 0 aliphatic carbocycles. The van der Waals surface area contributed by atoms with Crippen LogP contribution in [-0.2, 0) is 6.42 Å². The Bertz CT molecular complexity index is 474. The molecule has 1 aliphatic rings. The molecule has 0 bridgehead atoms. The van der Waals surface area contributed by atoms with E-state index in [0.29, 0.717) is 30.2 Å². The normalized spacial score (nSPS) is 18.9. The molecule has 0 spiro atoms. The Kier molecular flexibility index (Phi) is 3.55. The van der Waals surface area contributed by atoms with E-state index in [9.17, 15) is 4.79 Å². The monoisotopic (exact) mass is 248 g/mol. The minimum atomic E-state index is 0.0364. The quantitative estimate of drug-likeness (QED) is 0.772. The molecular formula is C14H20N2O2. The first-order valence-electron chi connectivity index (χ1n) is 6.49. The maximum atomic E-state index is 12.6. The lowest BCUT2D eigenvalue weighted by Crippen LogP contribution is -2.39. The molecule has 0 saturated heterocycles. The number of carbonyl (C=O) groups excluding carboxylic acids is 1. The summed E-state index contributed by atoms with van der Waals surface area (Å²) in [7, 11) is 0. The van der Waals surface area contributed by atoms with Crippen molar-refractivity contribution < 1.29 is 9.32 Å². The van der Waals surface area contributed by atoms with Gasteiger partial charge < -0.3 is 9.42 Å². The third kappa shape index (κ3) is 2.07. The number of aryl methyl sites for hydroxylation is 2. The van der Waals surface area contributed by atoms with Crippen LogP contribution in [0.2, 0.25) is 0 Å². The van der Waals surface area contributed by atoms with E-state index in [4.69, 9.17) is 4.52 Å². The topological polar surface area (TPSA) is 46.3 Å². The van der Waals surface area contributed by atoms with Gasteiger partial charge in [0.2, 0.25) is 0 Å². The van der Waals surface area contributed by atoms with Crippen LogP contribution in [-0.4, -0.2) is 28.6 Å². The zero-order chi connectivity index (χ0) is 13.3. The lowest BCUT2D eigenvalue weighted by molar-refractivity contribution is 0.0718. The number of aromatic nitrogens is 1. The molecule has 0 radical (unpaired) electrons. The molecule has 1 atom stereocenters. The molecule has 4 heteroatoms. The molecule has 1 aliphatic heterocycles. The third-order valence-electron chi connectivity index (χ3n) is 3.42. The Morgan fingerprint density at radius 2 is 2.33 bits per heavy atom. The van der Waals surface area contributed by atoms with Crippen molar-refractivity contribution in [3.05, 3.63) is 29.2 Å². The van der Waals surface area contributed by atoms with Crippen LogP contribution in [0.3, 0.4) is 0 Å². The number of hydrogen-bond acceptors (Lipinski definition) is 3. The van der Waals surface area contributed by atoms with Crippen molar-refractivity contribution in [2.45, 2.75) is 40.2 Å². The van der Waals surface area contributed by atoms with Gasteiger partial charge in [-0.05, 0) is 19.3 Å². The van der Waals surface area contributed by atoms with Gasteiger partial charge in [0.15, 0.2) is 0 Å². The second kappa shape index (κ2) is 4.96. The van der Waals surface area contributed by atoms with Crippen LogP contribution in [0.4, 0.5) is 0 Å². The number of nitrogens with zero attached hydrogens (tertiary/aromatic N) is 2. The van der Waals surface area contributed by atoms with E-state index in [2.05, 4.69) is 31.2 Å². The van der Waals surface area contributed by atoms with Crippen molar-refractivity contribution in [3.8, 4) is 0 Å². The molecule has 1 amide bonds. The molecule has 0 aromatic carbocycles. The predicted octanol–water partition coefficient (Wildman–Crippen LogP) is 2.58. The van der Waals surface area contributed by atoms with Crippen LogP contribution in [0.5, 0.6) is 0 Å². The fraction of sp³-hybridized carbons (Fsp3) is 0.571. The molecule has 2 heterocycles. The maximum absolute atomic E-state index is 12.6. The highest BCUT2D eigenvalue weighted by Crippen LogP contribution is 2.23. The highest BCUT2D eigenvalue weighted by atomic mass is 16.5. The van der Waals surface area contributed by atoms with E-state index in [1.54, 1.807) is 6.92 Å². The summed E-state index contributed by atoms with van der Waals surface area (Å²) in [5.74, 6) is 1.07. The van der Waals surface area contributed by atoms with Gasteiger partial charge in [-0.15, -0.1) is 0 Å². The van der Waals surface area contributed by atoms with Gasteiger partial charge in [0.25, 0.3) is 5.91 Å². The summed E-state index contributed by atoms with van der Waals surface area (Å²) in [5.41, 5.74) is 1.40. The Balaban J connectivity index is 2.29. The van der Waals surface area contributed by atoms with Crippen LogP contribution in [0.1, 0.15) is 42.6 Å². The first kappa shape index (κ1) is 12.9. The summed E-state index contributed by atoms with van der Waals surface area (Å²) in [6, 6.07) is 0.177. The molecular weight excluding hydrogens is 228 g/mol. The van der Waals surface area contributed by atoms with Crippen LogP contribution >= 0.6 is 0 Å². The molecule has 18 heavy (non-hydrogen) atoms. The van der Waals surface area contributed by atoms with Crippen molar-refractivity contribution in [1.29, 1.82) is 0 Å². The molecule has 1 unspecified atom stereocenters. The van der Waals surface area contributed by atoms with E-state index >= 15 is 0 Å². The molecule has 98 valence electrons. The second-order valence-electron chi connectivity index (χ2n) is 5.03. The van der Waals surface area contributed by atoms with Crippen molar-refractivity contribution in [2.24, 2.45) is 5.92 Å². The average molecular weight is 248 g/mol. The van der Waals surface area contributed by atoms with Gasteiger partial charge in [-0.1, -0.05) is 38.1 Å². The fourth-order valence-electron chi connectivity index (χ4n) is 2.42. The highest BCUT2D eigenvalue weighted by Gasteiger charge is 2.31. The first-order chi connectivity index (χ1) is 8.56. The summed E-state index contributed by atoms with van der Waals surface area (Å²) >= 11 is 0. The van der Waals surface area contributed by atoms with Gasteiger partial charge >= 0.3 is 0 Å².